The van der Waals surface area contributed by atoms with Gasteiger partial charge in [0.05, 0.1) is 23.2 Å². The molecule has 1 N–H and O–H groups in total. The highest BCUT2D eigenvalue weighted by molar-refractivity contribution is 6.18. The molecule has 3 heterocycles. The molecule has 0 saturated carbocycles. The molecule has 3 aromatic carbocycles. The van der Waals surface area contributed by atoms with E-state index in [-0.39, 0.29) is 11.4 Å². The predicted molar refractivity (Wildman–Crippen MR) is 144 cm³/mol. The van der Waals surface area contributed by atoms with E-state index in [1.54, 1.807) is 10.6 Å². The quantitative estimate of drug-likeness (QED) is 0.347. The third-order valence-electron chi connectivity index (χ3n) is 7.13. The maximum atomic E-state index is 13.3. The first kappa shape index (κ1) is 23.2. The lowest BCUT2D eigenvalue weighted by Gasteiger charge is -2.36. The molecule has 0 bridgehead atoms. The molecule has 2 aromatic heterocycles. The molecule has 0 unspecified atom stereocenters. The van der Waals surface area contributed by atoms with E-state index in [1.165, 1.54) is 12.1 Å². The summed E-state index contributed by atoms with van der Waals surface area (Å²) in [6.07, 6.45) is 0.265. The Hall–Kier alpha value is -4.17. The van der Waals surface area contributed by atoms with Gasteiger partial charge in [0.25, 0.3) is 5.56 Å². The van der Waals surface area contributed by atoms with E-state index in [1.807, 2.05) is 54.6 Å². The van der Waals surface area contributed by atoms with Crippen molar-refractivity contribution < 1.29 is 13.9 Å². The van der Waals surface area contributed by atoms with E-state index < -0.39 is 6.09 Å². The van der Waals surface area contributed by atoms with Crippen molar-refractivity contribution in [1.82, 2.24) is 14.5 Å². The lowest BCUT2D eigenvalue weighted by Crippen LogP contribution is -2.46. The lowest BCUT2D eigenvalue weighted by atomic mass is 10.1. The maximum absolute atomic E-state index is 13.3. The van der Waals surface area contributed by atoms with Crippen LogP contribution < -0.4 is 10.5 Å². The van der Waals surface area contributed by atoms with Gasteiger partial charge < -0.3 is 14.6 Å². The van der Waals surface area contributed by atoms with E-state index in [0.29, 0.717) is 33.9 Å². The number of benzene rings is 3. The van der Waals surface area contributed by atoms with Gasteiger partial charge in [0, 0.05) is 54.6 Å². The van der Waals surface area contributed by atoms with E-state index in [4.69, 9.17) is 4.74 Å². The number of H-pyrrole nitrogens is 1. The van der Waals surface area contributed by atoms with Crippen LogP contribution in [-0.2, 0) is 4.74 Å². The van der Waals surface area contributed by atoms with Crippen LogP contribution in [0, 0.1) is 5.82 Å². The van der Waals surface area contributed by atoms with Gasteiger partial charge in [0.15, 0.2) is 0 Å². The Morgan fingerprint density at radius 3 is 2.30 bits per heavy atom. The number of ether oxygens (including phenoxy) is 1. The number of rotatable bonds is 5. The zero-order valence-electron chi connectivity index (χ0n) is 20.3. The number of aromatic amines is 1. The number of carbonyl (C=O) groups excluding carboxylic acids is 1. The highest BCUT2D eigenvalue weighted by Crippen LogP contribution is 2.31. The van der Waals surface area contributed by atoms with Crippen LogP contribution in [0.3, 0.4) is 0 Å². The summed E-state index contributed by atoms with van der Waals surface area (Å²) >= 11 is 0. The minimum absolute atomic E-state index is 0.182. The molecule has 37 heavy (non-hydrogen) atoms. The Bertz CT molecular complexity index is 1650. The highest BCUT2D eigenvalue weighted by atomic mass is 19.1. The van der Waals surface area contributed by atoms with Crippen LogP contribution in [0.25, 0.3) is 32.7 Å². The number of carbonyl (C=O) groups is 1. The van der Waals surface area contributed by atoms with Gasteiger partial charge in [-0.3, -0.25) is 9.69 Å². The van der Waals surface area contributed by atoms with E-state index in [9.17, 15) is 14.0 Å². The fourth-order valence-electron chi connectivity index (χ4n) is 5.27. The third kappa shape index (κ3) is 4.34. The van der Waals surface area contributed by atoms with Crippen molar-refractivity contribution in [1.29, 1.82) is 0 Å². The molecule has 6 rings (SSSR count). The topological polar surface area (TPSA) is 70.6 Å². The molecule has 0 radical (unpaired) electrons. The van der Waals surface area contributed by atoms with Gasteiger partial charge in [0.2, 0.25) is 0 Å². The van der Waals surface area contributed by atoms with E-state index >= 15 is 0 Å². The van der Waals surface area contributed by atoms with E-state index in [0.717, 1.165) is 50.2 Å². The van der Waals surface area contributed by atoms with Crippen molar-refractivity contribution in [2.24, 2.45) is 0 Å². The average Bonchev–Trinajstić information content (AvgIpc) is 3.26. The van der Waals surface area contributed by atoms with Crippen LogP contribution >= 0.6 is 0 Å². The number of anilines is 1. The Morgan fingerprint density at radius 1 is 0.865 bits per heavy atom. The smallest absolute Gasteiger partial charge is 0.419 e. The van der Waals surface area contributed by atoms with Gasteiger partial charge in [-0.25, -0.2) is 13.8 Å². The number of halogens is 1. The Morgan fingerprint density at radius 2 is 1.54 bits per heavy atom. The summed E-state index contributed by atoms with van der Waals surface area (Å²) < 4.78 is 20.5. The largest absolute Gasteiger partial charge is 0.449 e. The van der Waals surface area contributed by atoms with Crippen LogP contribution in [0.2, 0.25) is 0 Å². The van der Waals surface area contributed by atoms with Gasteiger partial charge in [0.1, 0.15) is 5.82 Å². The van der Waals surface area contributed by atoms with Gasteiger partial charge in [-0.05, 0) is 42.8 Å². The minimum atomic E-state index is -0.454. The molecule has 0 atom stereocenters. The first-order valence-corrected chi connectivity index (χ1v) is 12.5. The molecular formula is C29H27FN4O3. The number of fused-ring (bicyclic) bond motifs is 5. The van der Waals surface area contributed by atoms with Crippen molar-refractivity contribution in [3.8, 4) is 0 Å². The van der Waals surface area contributed by atoms with Crippen molar-refractivity contribution >= 4 is 44.5 Å². The second kappa shape index (κ2) is 9.71. The maximum Gasteiger partial charge on any atom is 0.419 e. The summed E-state index contributed by atoms with van der Waals surface area (Å²) in [5.74, 6) is -0.223. The molecule has 5 aromatic rings. The van der Waals surface area contributed by atoms with Crippen LogP contribution in [0.4, 0.5) is 14.9 Å². The summed E-state index contributed by atoms with van der Waals surface area (Å²) in [4.78, 5) is 33.6. The average molecular weight is 499 g/mol. The molecule has 1 saturated heterocycles. The van der Waals surface area contributed by atoms with E-state index in [2.05, 4.69) is 14.8 Å². The molecule has 0 aliphatic carbocycles. The number of nitrogens with zero attached hydrogens (tertiary/aromatic N) is 3. The number of para-hydroxylation sites is 1. The third-order valence-corrected chi connectivity index (χ3v) is 7.13. The van der Waals surface area contributed by atoms with Crippen molar-refractivity contribution in [3.63, 3.8) is 0 Å². The Balaban J connectivity index is 1.14. The SMILES string of the molecule is O=C(OCCCN1CCN(c2ccc(F)cc2)CC1)n1c2ccccc2c2[nH]c(=O)c3ccccc3c21. The van der Waals surface area contributed by atoms with Crippen molar-refractivity contribution in [2.75, 3.05) is 44.2 Å². The molecule has 8 heteroatoms. The van der Waals surface area contributed by atoms with Crippen LogP contribution in [0.5, 0.6) is 0 Å². The fourth-order valence-corrected chi connectivity index (χ4v) is 5.27. The normalized spacial score (nSPS) is 14.6. The fraction of sp³-hybridized carbons (Fsp3) is 0.241. The molecule has 188 valence electrons. The van der Waals surface area contributed by atoms with Crippen LogP contribution in [0.1, 0.15) is 6.42 Å². The van der Waals surface area contributed by atoms with Crippen molar-refractivity contribution in [3.05, 3.63) is 89.0 Å². The van der Waals surface area contributed by atoms with Crippen molar-refractivity contribution in [2.45, 2.75) is 6.42 Å². The van der Waals surface area contributed by atoms with Crippen LogP contribution in [0.15, 0.2) is 77.6 Å². The number of hydrogen-bond acceptors (Lipinski definition) is 5. The first-order valence-electron chi connectivity index (χ1n) is 12.5. The second-order valence-corrected chi connectivity index (χ2v) is 9.35. The second-order valence-electron chi connectivity index (χ2n) is 9.35. The Kier molecular flexibility index (Phi) is 6.10. The Labute approximate surface area is 212 Å². The number of pyridine rings is 1. The zero-order valence-corrected chi connectivity index (χ0v) is 20.3. The zero-order chi connectivity index (χ0) is 25.4. The summed E-state index contributed by atoms with van der Waals surface area (Å²) in [7, 11) is 0. The minimum Gasteiger partial charge on any atom is -0.449 e. The molecule has 1 aliphatic rings. The van der Waals surface area contributed by atoms with Crippen LogP contribution in [-0.4, -0.2) is 59.9 Å². The standard InChI is InChI=1S/C29H27FN4O3/c30-20-10-12-21(13-11-20)33-17-15-32(16-18-33)14-5-19-37-29(36)34-25-9-4-3-8-24(25)26-27(34)22-6-1-2-7-23(22)28(35)31-26/h1-4,6-13H,5,14-19H2,(H,31,35). The van der Waals surface area contributed by atoms with Gasteiger partial charge in [-0.2, -0.15) is 0 Å². The molecular weight excluding hydrogens is 471 g/mol. The first-order chi connectivity index (χ1) is 18.1. The molecule has 1 fully saturated rings. The summed E-state index contributed by atoms with van der Waals surface area (Å²) in [5, 5.41) is 2.05. The summed E-state index contributed by atoms with van der Waals surface area (Å²) in [6.45, 7) is 4.67. The molecule has 0 spiro atoms. The summed E-state index contributed by atoms with van der Waals surface area (Å²) in [5.41, 5.74) is 2.84. The number of hydrogen-bond donors (Lipinski definition) is 1. The molecule has 0 amide bonds. The number of nitrogens with one attached hydrogen (secondary N) is 1. The number of aromatic nitrogens is 2. The summed E-state index contributed by atoms with van der Waals surface area (Å²) in [6, 6.07) is 21.5. The van der Waals surface area contributed by atoms with Gasteiger partial charge in [-0.15, -0.1) is 0 Å². The number of piperazine rings is 1. The van der Waals surface area contributed by atoms with Gasteiger partial charge in [-0.1, -0.05) is 36.4 Å². The predicted octanol–water partition coefficient (Wildman–Crippen LogP) is 4.97. The molecule has 1 aliphatic heterocycles. The monoisotopic (exact) mass is 498 g/mol. The lowest BCUT2D eigenvalue weighted by molar-refractivity contribution is 0.140. The highest BCUT2D eigenvalue weighted by Gasteiger charge is 2.21. The molecule has 7 nitrogen and oxygen atoms in total. The van der Waals surface area contributed by atoms with Gasteiger partial charge >= 0.3 is 6.09 Å².